The molecule has 0 saturated heterocycles. The van der Waals surface area contributed by atoms with Crippen LogP contribution in [-0.2, 0) is 19.6 Å². The van der Waals surface area contributed by atoms with Gasteiger partial charge in [-0.05, 0) is 12.1 Å². The van der Waals surface area contributed by atoms with Crippen LogP contribution < -0.4 is 15.2 Å². The number of ether oxygens (including phenoxy) is 2. The number of esters is 1. The molecule has 3 N–H and O–H groups in total. The van der Waals surface area contributed by atoms with Crippen molar-refractivity contribution in [3.05, 3.63) is 24.3 Å². The van der Waals surface area contributed by atoms with E-state index in [1.54, 1.807) is 18.2 Å². The average Bonchev–Trinajstić information content (AvgIpc) is 2.36. The lowest BCUT2D eigenvalue weighted by Gasteiger charge is -2.12. The lowest BCUT2D eigenvalue weighted by atomic mass is 10.3. The first-order valence-corrected chi connectivity index (χ1v) is 7.47. The van der Waals surface area contributed by atoms with E-state index in [1.807, 2.05) is 0 Å². The molecule has 0 unspecified atom stereocenters. The lowest BCUT2D eigenvalue weighted by Crippen LogP contribution is -2.24. The van der Waals surface area contributed by atoms with Crippen molar-refractivity contribution < 1.29 is 22.7 Å². The van der Waals surface area contributed by atoms with Gasteiger partial charge < -0.3 is 15.2 Å². The van der Waals surface area contributed by atoms with Crippen molar-refractivity contribution in [3.63, 3.8) is 0 Å². The van der Waals surface area contributed by atoms with E-state index in [9.17, 15) is 13.2 Å². The molecule has 0 fully saturated rings. The topological polar surface area (TPSA) is 108 Å². The van der Waals surface area contributed by atoms with Crippen LogP contribution in [0.3, 0.4) is 0 Å². The normalized spacial score (nSPS) is 10.7. The van der Waals surface area contributed by atoms with E-state index < -0.39 is 21.7 Å². The minimum Gasteiger partial charge on any atom is -0.484 e. The Bertz CT molecular complexity index is 601. The van der Waals surface area contributed by atoms with Gasteiger partial charge in [-0.1, -0.05) is 24.4 Å². The van der Waals surface area contributed by atoms with Gasteiger partial charge in [-0.2, -0.15) is 0 Å². The SMILES string of the molecule is COC(=O)CS(=O)(=O)Nc1ccccc1OCC(N)=S. The standard InChI is InChI=1S/C11H14N2O5S2/c1-17-11(14)7-20(15,16)13-8-4-2-3-5-9(8)18-6-10(12)19/h2-5,13H,6-7H2,1H3,(H2,12,19). The third-order valence-electron chi connectivity index (χ3n) is 2.06. The Morgan fingerprint density at radius 3 is 2.65 bits per heavy atom. The molecule has 0 amide bonds. The molecule has 1 aromatic carbocycles. The summed E-state index contributed by atoms with van der Waals surface area (Å²) >= 11 is 4.67. The van der Waals surface area contributed by atoms with Crippen molar-refractivity contribution in [1.82, 2.24) is 0 Å². The number of thiocarbonyl (C=S) groups is 1. The first-order valence-electron chi connectivity index (χ1n) is 5.41. The summed E-state index contributed by atoms with van der Waals surface area (Å²) in [6, 6.07) is 6.31. The fourth-order valence-corrected chi connectivity index (χ4v) is 2.31. The van der Waals surface area contributed by atoms with Crippen molar-refractivity contribution >= 4 is 38.9 Å². The first kappa shape index (κ1) is 16.2. The van der Waals surface area contributed by atoms with E-state index >= 15 is 0 Å². The summed E-state index contributed by atoms with van der Waals surface area (Å²) < 4.78 is 35.3. The summed E-state index contributed by atoms with van der Waals surface area (Å²) in [5.41, 5.74) is 5.50. The molecule has 7 nitrogen and oxygen atoms in total. The highest BCUT2D eigenvalue weighted by Crippen LogP contribution is 2.24. The fraction of sp³-hybridized carbons (Fsp3) is 0.273. The predicted octanol–water partition coefficient (Wildman–Crippen LogP) is 0.266. The van der Waals surface area contributed by atoms with Crippen molar-refractivity contribution in [3.8, 4) is 5.75 Å². The minimum atomic E-state index is -3.88. The first-order chi connectivity index (χ1) is 9.34. The van der Waals surface area contributed by atoms with E-state index in [0.29, 0.717) is 0 Å². The zero-order valence-electron chi connectivity index (χ0n) is 10.7. The highest BCUT2D eigenvalue weighted by molar-refractivity contribution is 7.93. The summed E-state index contributed by atoms with van der Waals surface area (Å²) in [5, 5.41) is 0. The fourth-order valence-electron chi connectivity index (χ4n) is 1.24. The molecule has 0 spiro atoms. The van der Waals surface area contributed by atoms with Gasteiger partial charge in [-0.3, -0.25) is 9.52 Å². The summed E-state index contributed by atoms with van der Waals surface area (Å²) in [4.78, 5) is 11.1. The molecule has 0 aliphatic heterocycles. The number of anilines is 1. The van der Waals surface area contributed by atoms with Gasteiger partial charge in [-0.15, -0.1) is 0 Å². The Kier molecular flexibility index (Phi) is 5.71. The third-order valence-corrected chi connectivity index (χ3v) is 3.32. The van der Waals surface area contributed by atoms with Gasteiger partial charge in [0.15, 0.2) is 5.75 Å². The molecule has 1 aromatic rings. The number of benzene rings is 1. The molecule has 0 aromatic heterocycles. The summed E-state index contributed by atoms with van der Waals surface area (Å²) in [7, 11) is -2.77. The third kappa shape index (κ3) is 5.41. The van der Waals surface area contributed by atoms with Crippen LogP contribution in [0, 0.1) is 0 Å². The van der Waals surface area contributed by atoms with Crippen LogP contribution >= 0.6 is 12.2 Å². The summed E-state index contributed by atoms with van der Waals surface area (Å²) in [6.45, 7) is -0.0227. The molecule has 0 aliphatic rings. The second kappa shape index (κ2) is 7.06. The van der Waals surface area contributed by atoms with Gasteiger partial charge >= 0.3 is 5.97 Å². The Labute approximate surface area is 122 Å². The van der Waals surface area contributed by atoms with Crippen LogP contribution in [0.2, 0.25) is 0 Å². The van der Waals surface area contributed by atoms with Crippen molar-refractivity contribution in [2.24, 2.45) is 5.73 Å². The average molecular weight is 318 g/mol. The number of hydrogen-bond donors (Lipinski definition) is 2. The Morgan fingerprint density at radius 2 is 2.05 bits per heavy atom. The second-order valence-corrected chi connectivity index (χ2v) is 5.94. The highest BCUT2D eigenvalue weighted by atomic mass is 32.2. The maximum atomic E-state index is 11.7. The molecule has 9 heteroatoms. The Hall–Kier alpha value is -1.87. The van der Waals surface area contributed by atoms with E-state index in [4.69, 9.17) is 10.5 Å². The molecular weight excluding hydrogens is 304 g/mol. The van der Waals surface area contributed by atoms with E-state index in [0.717, 1.165) is 7.11 Å². The second-order valence-electron chi connectivity index (χ2n) is 3.69. The van der Waals surface area contributed by atoms with Gasteiger partial charge in [0.2, 0.25) is 10.0 Å². The molecule has 0 heterocycles. The smallest absolute Gasteiger partial charge is 0.322 e. The molecule has 0 saturated carbocycles. The largest absolute Gasteiger partial charge is 0.484 e. The number of rotatable bonds is 7. The van der Waals surface area contributed by atoms with E-state index in [2.05, 4.69) is 21.7 Å². The molecule has 0 atom stereocenters. The molecule has 110 valence electrons. The maximum Gasteiger partial charge on any atom is 0.322 e. The predicted molar refractivity (Wildman–Crippen MR) is 78.1 cm³/mol. The molecule has 0 bridgehead atoms. The number of sulfonamides is 1. The van der Waals surface area contributed by atoms with Crippen LogP contribution in [0.25, 0.3) is 0 Å². The van der Waals surface area contributed by atoms with Crippen molar-refractivity contribution in [2.75, 3.05) is 24.2 Å². The van der Waals surface area contributed by atoms with Gasteiger partial charge in [0.05, 0.1) is 12.8 Å². The maximum absolute atomic E-state index is 11.7. The number of carbonyl (C=O) groups excluding carboxylic acids is 1. The number of nitrogens with one attached hydrogen (secondary N) is 1. The van der Waals surface area contributed by atoms with Gasteiger partial charge in [-0.25, -0.2) is 8.42 Å². The van der Waals surface area contributed by atoms with Crippen LogP contribution in [-0.4, -0.2) is 38.8 Å². The Balaban J connectivity index is 2.86. The molecule has 0 aliphatic carbocycles. The van der Waals surface area contributed by atoms with Gasteiger partial charge in [0.1, 0.15) is 17.3 Å². The van der Waals surface area contributed by atoms with Crippen LogP contribution in [0.15, 0.2) is 24.3 Å². The summed E-state index contributed by atoms with van der Waals surface area (Å²) in [5.74, 6) is -1.39. The van der Waals surface area contributed by atoms with Crippen molar-refractivity contribution in [2.45, 2.75) is 0 Å². The number of nitrogens with two attached hydrogens (primary N) is 1. The van der Waals surface area contributed by atoms with Crippen LogP contribution in [0.4, 0.5) is 5.69 Å². The van der Waals surface area contributed by atoms with E-state index in [-0.39, 0.29) is 23.0 Å². The summed E-state index contributed by atoms with van der Waals surface area (Å²) in [6.07, 6.45) is 0. The number of methoxy groups -OCH3 is 1. The molecule has 20 heavy (non-hydrogen) atoms. The lowest BCUT2D eigenvalue weighted by molar-refractivity contribution is -0.137. The zero-order valence-corrected chi connectivity index (χ0v) is 12.3. The molecule has 0 radical (unpaired) electrons. The quantitative estimate of drug-likeness (QED) is 0.548. The molecular formula is C11H14N2O5S2. The number of carbonyl (C=O) groups is 1. The van der Waals surface area contributed by atoms with Crippen LogP contribution in [0.5, 0.6) is 5.75 Å². The molecule has 1 rings (SSSR count). The van der Waals surface area contributed by atoms with Crippen LogP contribution in [0.1, 0.15) is 0 Å². The highest BCUT2D eigenvalue weighted by Gasteiger charge is 2.18. The monoisotopic (exact) mass is 318 g/mol. The Morgan fingerprint density at radius 1 is 1.40 bits per heavy atom. The number of hydrogen-bond acceptors (Lipinski definition) is 6. The van der Waals surface area contributed by atoms with Gasteiger partial charge in [0.25, 0.3) is 0 Å². The van der Waals surface area contributed by atoms with E-state index in [1.165, 1.54) is 6.07 Å². The zero-order chi connectivity index (χ0) is 15.2. The number of para-hydroxylation sites is 2. The minimum absolute atomic E-state index is 0.0227. The van der Waals surface area contributed by atoms with Gasteiger partial charge in [0, 0.05) is 0 Å². The van der Waals surface area contributed by atoms with Crippen molar-refractivity contribution in [1.29, 1.82) is 0 Å².